The van der Waals surface area contributed by atoms with E-state index in [4.69, 9.17) is 9.47 Å². The maximum atomic E-state index is 12.5. The third kappa shape index (κ3) is 9.07. The van der Waals surface area contributed by atoms with Gasteiger partial charge >= 0.3 is 5.97 Å². The van der Waals surface area contributed by atoms with Gasteiger partial charge < -0.3 is 14.8 Å². The molecule has 7 heteroatoms. The highest BCUT2D eigenvalue weighted by atomic mass is 16.5. The van der Waals surface area contributed by atoms with E-state index in [1.807, 2.05) is 18.2 Å². The van der Waals surface area contributed by atoms with Gasteiger partial charge in [-0.25, -0.2) is 0 Å². The van der Waals surface area contributed by atoms with Crippen molar-refractivity contribution in [3.05, 3.63) is 59.7 Å². The van der Waals surface area contributed by atoms with Crippen LogP contribution in [-0.2, 0) is 14.3 Å². The van der Waals surface area contributed by atoms with Gasteiger partial charge in [0.05, 0.1) is 19.8 Å². The minimum Gasteiger partial charge on any atom is -0.497 e. The number of nitrogens with zero attached hydrogens (tertiary/aromatic N) is 2. The van der Waals surface area contributed by atoms with Gasteiger partial charge in [-0.15, -0.1) is 0 Å². The molecular weight excluding hydrogens is 490 g/mol. The highest BCUT2D eigenvalue weighted by Crippen LogP contribution is 2.35. The summed E-state index contributed by atoms with van der Waals surface area (Å²) >= 11 is 0. The Morgan fingerprint density at radius 2 is 1.69 bits per heavy atom. The van der Waals surface area contributed by atoms with Crippen molar-refractivity contribution in [2.45, 2.75) is 84.3 Å². The average molecular weight is 538 g/mol. The number of methoxy groups -OCH3 is 1. The molecule has 7 nitrogen and oxygen atoms in total. The van der Waals surface area contributed by atoms with E-state index in [1.54, 1.807) is 14.0 Å². The van der Waals surface area contributed by atoms with Crippen LogP contribution in [0, 0.1) is 0 Å². The fourth-order valence-corrected chi connectivity index (χ4v) is 5.40. The Morgan fingerprint density at radius 1 is 0.949 bits per heavy atom. The molecule has 1 aliphatic rings. The lowest BCUT2D eigenvalue weighted by Gasteiger charge is -2.47. The number of hydrogen-bond acceptors (Lipinski definition) is 6. The van der Waals surface area contributed by atoms with Crippen LogP contribution in [0.25, 0.3) is 0 Å². The van der Waals surface area contributed by atoms with Gasteiger partial charge in [-0.1, -0.05) is 37.6 Å². The van der Waals surface area contributed by atoms with E-state index < -0.39 is 0 Å². The molecule has 0 saturated carbocycles. The molecule has 0 radical (unpaired) electrons. The molecule has 0 aromatic heterocycles. The van der Waals surface area contributed by atoms with Crippen LogP contribution in [0.2, 0.25) is 0 Å². The zero-order valence-corrected chi connectivity index (χ0v) is 24.4. The van der Waals surface area contributed by atoms with Crippen LogP contribution in [-0.4, -0.2) is 67.1 Å². The second-order valence-corrected chi connectivity index (χ2v) is 10.6. The second kappa shape index (κ2) is 15.6. The van der Waals surface area contributed by atoms with Gasteiger partial charge in [-0.05, 0) is 82.0 Å². The van der Waals surface area contributed by atoms with Gasteiger partial charge in [-0.2, -0.15) is 0 Å². The SMILES string of the molecule is CCCCN1C[C@@H](C)N([C@H](c2ccc(NC(=O)CCCCC(=O)OCC)cc2)c2cccc(OC)c2)C[C@H]1C. The summed E-state index contributed by atoms with van der Waals surface area (Å²) in [4.78, 5) is 29.2. The molecule has 3 atom stereocenters. The number of carbonyl (C=O) groups excluding carboxylic acids is 2. The van der Waals surface area contributed by atoms with Gasteiger partial charge in [0.1, 0.15) is 5.75 Å². The lowest BCUT2D eigenvalue weighted by Crippen LogP contribution is -2.57. The van der Waals surface area contributed by atoms with E-state index in [1.165, 1.54) is 24.0 Å². The lowest BCUT2D eigenvalue weighted by atomic mass is 9.93. The number of rotatable bonds is 14. The molecule has 39 heavy (non-hydrogen) atoms. The number of piperazine rings is 1. The maximum Gasteiger partial charge on any atom is 0.305 e. The van der Waals surface area contributed by atoms with Gasteiger partial charge in [0.2, 0.25) is 5.91 Å². The molecule has 3 rings (SSSR count). The Morgan fingerprint density at radius 3 is 2.38 bits per heavy atom. The van der Waals surface area contributed by atoms with Crippen molar-refractivity contribution in [1.82, 2.24) is 9.80 Å². The average Bonchev–Trinajstić information content (AvgIpc) is 2.93. The molecule has 0 aliphatic carbocycles. The summed E-state index contributed by atoms with van der Waals surface area (Å²) in [5.74, 6) is 0.610. The number of esters is 1. The van der Waals surface area contributed by atoms with Crippen molar-refractivity contribution in [3.8, 4) is 5.75 Å². The molecule has 0 unspecified atom stereocenters. The summed E-state index contributed by atoms with van der Waals surface area (Å²) in [6.45, 7) is 12.3. The molecule has 1 saturated heterocycles. The van der Waals surface area contributed by atoms with Gasteiger partial charge in [0.25, 0.3) is 0 Å². The summed E-state index contributed by atoms with van der Waals surface area (Å²) in [5.41, 5.74) is 3.18. The van der Waals surface area contributed by atoms with E-state index >= 15 is 0 Å². The smallest absolute Gasteiger partial charge is 0.305 e. The third-order valence-electron chi connectivity index (χ3n) is 7.55. The molecule has 1 N–H and O–H groups in total. The van der Waals surface area contributed by atoms with Gasteiger partial charge in [0.15, 0.2) is 0 Å². The number of unbranched alkanes of at least 4 members (excludes halogenated alkanes) is 2. The molecule has 214 valence electrons. The van der Waals surface area contributed by atoms with Crippen molar-refractivity contribution >= 4 is 17.6 Å². The zero-order valence-electron chi connectivity index (χ0n) is 24.4. The van der Waals surface area contributed by atoms with Crippen molar-refractivity contribution in [1.29, 1.82) is 0 Å². The quantitative estimate of drug-likeness (QED) is 0.234. The fraction of sp³-hybridized carbons (Fsp3) is 0.562. The maximum absolute atomic E-state index is 12.5. The van der Waals surface area contributed by atoms with Crippen LogP contribution in [0.4, 0.5) is 5.69 Å². The number of benzene rings is 2. The van der Waals surface area contributed by atoms with Crippen molar-refractivity contribution in [2.24, 2.45) is 0 Å². The normalized spacial score (nSPS) is 18.9. The predicted octanol–water partition coefficient (Wildman–Crippen LogP) is 6.04. The Balaban J connectivity index is 1.72. The minimum atomic E-state index is -0.204. The molecule has 1 amide bonds. The molecular formula is C32H47N3O4. The molecule has 1 fully saturated rings. The van der Waals surface area contributed by atoms with E-state index in [0.717, 1.165) is 31.1 Å². The highest BCUT2D eigenvalue weighted by molar-refractivity contribution is 5.90. The standard InChI is InChI=1S/C32H47N3O4/c1-6-8-20-34-22-25(4)35(23-24(34)3)32(27-12-11-13-29(21-27)38-5)26-16-18-28(19-17-26)33-30(36)14-9-10-15-31(37)39-7-2/h11-13,16-19,21,24-25,32H,6-10,14-15,20,22-23H2,1-5H3,(H,33,36)/t24-,25-,32-/m1/s1. The van der Waals surface area contributed by atoms with Crippen molar-refractivity contribution in [3.63, 3.8) is 0 Å². The monoisotopic (exact) mass is 537 g/mol. The first-order chi connectivity index (χ1) is 18.9. The number of carbonyl (C=O) groups is 2. The van der Waals surface area contributed by atoms with Crippen LogP contribution in [0.15, 0.2) is 48.5 Å². The summed E-state index contributed by atoms with van der Waals surface area (Å²) in [6.07, 6.45) is 4.48. The lowest BCUT2D eigenvalue weighted by molar-refractivity contribution is -0.143. The largest absolute Gasteiger partial charge is 0.497 e. The van der Waals surface area contributed by atoms with Crippen LogP contribution in [0.1, 0.15) is 83.4 Å². The summed E-state index contributed by atoms with van der Waals surface area (Å²) in [5, 5.41) is 3.00. The van der Waals surface area contributed by atoms with E-state index in [-0.39, 0.29) is 17.9 Å². The van der Waals surface area contributed by atoms with Crippen molar-refractivity contribution in [2.75, 3.05) is 38.7 Å². The molecule has 0 spiro atoms. The zero-order chi connectivity index (χ0) is 28.2. The fourth-order valence-electron chi connectivity index (χ4n) is 5.40. The van der Waals surface area contributed by atoms with Crippen LogP contribution >= 0.6 is 0 Å². The van der Waals surface area contributed by atoms with E-state index in [9.17, 15) is 9.59 Å². The number of hydrogen-bond donors (Lipinski definition) is 1. The molecule has 1 heterocycles. The number of anilines is 1. The Hall–Kier alpha value is -2.90. The summed E-state index contributed by atoms with van der Waals surface area (Å²) in [6, 6.07) is 17.5. The van der Waals surface area contributed by atoms with E-state index in [2.05, 4.69) is 66.2 Å². The predicted molar refractivity (Wildman–Crippen MR) is 157 cm³/mol. The molecule has 0 bridgehead atoms. The topological polar surface area (TPSA) is 71.1 Å². The van der Waals surface area contributed by atoms with Crippen LogP contribution < -0.4 is 10.1 Å². The molecule has 1 aliphatic heterocycles. The number of nitrogens with one attached hydrogen (secondary N) is 1. The Kier molecular flexibility index (Phi) is 12.3. The first-order valence-electron chi connectivity index (χ1n) is 14.5. The minimum absolute atomic E-state index is 0.0402. The van der Waals surface area contributed by atoms with Crippen LogP contribution in [0.3, 0.4) is 0 Å². The van der Waals surface area contributed by atoms with E-state index in [0.29, 0.717) is 44.4 Å². The summed E-state index contributed by atoms with van der Waals surface area (Å²) < 4.78 is 10.5. The first kappa shape index (κ1) is 30.6. The molecule has 2 aromatic rings. The van der Waals surface area contributed by atoms with Gasteiger partial charge in [0, 0.05) is 43.7 Å². The van der Waals surface area contributed by atoms with Gasteiger partial charge in [-0.3, -0.25) is 19.4 Å². The summed E-state index contributed by atoms with van der Waals surface area (Å²) in [7, 11) is 1.71. The van der Waals surface area contributed by atoms with Crippen LogP contribution in [0.5, 0.6) is 5.75 Å². The number of ether oxygens (including phenoxy) is 2. The Labute approximate surface area is 234 Å². The Bertz CT molecular complexity index is 1040. The first-order valence-corrected chi connectivity index (χ1v) is 14.5. The number of amides is 1. The van der Waals surface area contributed by atoms with Crippen molar-refractivity contribution < 1.29 is 19.1 Å². The third-order valence-corrected chi connectivity index (χ3v) is 7.55. The highest BCUT2D eigenvalue weighted by Gasteiger charge is 2.34. The molecule has 2 aromatic carbocycles. The second-order valence-electron chi connectivity index (χ2n) is 10.6.